The van der Waals surface area contributed by atoms with Gasteiger partial charge in [0.2, 0.25) is 0 Å². The van der Waals surface area contributed by atoms with Gasteiger partial charge in [-0.2, -0.15) is 0 Å². The lowest BCUT2D eigenvalue weighted by molar-refractivity contribution is 0.811. The molecule has 0 aromatic heterocycles. The Morgan fingerprint density at radius 3 is 1.09 bits per heavy atom. The molecule has 0 spiro atoms. The molecule has 4 aromatic rings. The number of rotatable bonds is 5. The summed E-state index contributed by atoms with van der Waals surface area (Å²) >= 11 is 0. The van der Waals surface area contributed by atoms with Crippen LogP contribution in [0.2, 0.25) is 0 Å². The van der Waals surface area contributed by atoms with Crippen LogP contribution < -0.4 is 0 Å². The van der Waals surface area contributed by atoms with E-state index < -0.39 is 5.41 Å². The van der Waals surface area contributed by atoms with E-state index in [2.05, 4.69) is 131 Å². The fraction of sp³-hybridized carbons (Fsp3) is 0.156. The van der Waals surface area contributed by atoms with Crippen LogP contribution in [-0.4, -0.2) is 0 Å². The van der Waals surface area contributed by atoms with E-state index >= 15 is 0 Å². The summed E-state index contributed by atoms with van der Waals surface area (Å²) in [5.74, 6) is 0. The smallest absolute Gasteiger partial charge is 0.0391 e. The summed E-state index contributed by atoms with van der Waals surface area (Å²) in [6.07, 6.45) is 2.34. The first-order valence-electron chi connectivity index (χ1n) is 11.2. The van der Waals surface area contributed by atoms with Gasteiger partial charge < -0.3 is 0 Å². The van der Waals surface area contributed by atoms with Crippen LogP contribution in [0.15, 0.2) is 103 Å². The van der Waals surface area contributed by atoms with Gasteiger partial charge in [-0.3, -0.25) is 0 Å². The maximum atomic E-state index is 4.82. The molecule has 32 heavy (non-hydrogen) atoms. The monoisotopic (exact) mass is 415 g/mol. The Kier molecular flexibility index (Phi) is 6.15. The van der Waals surface area contributed by atoms with E-state index in [0.717, 1.165) is 0 Å². The lowest BCUT2D eigenvalue weighted by Gasteiger charge is -2.30. The molecule has 0 heterocycles. The average molecular weight is 416 g/mol. The number of aryl methyl sites for hydroxylation is 4. The van der Waals surface area contributed by atoms with Gasteiger partial charge in [-0.15, -0.1) is 0 Å². The standard InChI is InChI=1S/C32H31/c1-23-6-14-27(15-7-23)31(28-16-8-24(2)9-17-28)22-32(5,29-18-10-25(3)11-19-29)30-20-12-26(4)13-21-30/h6-22H,5H2,1-4H3. The van der Waals surface area contributed by atoms with E-state index in [4.69, 9.17) is 6.92 Å². The van der Waals surface area contributed by atoms with Crippen LogP contribution in [0.3, 0.4) is 0 Å². The third-order valence-corrected chi connectivity index (χ3v) is 6.25. The Morgan fingerprint density at radius 1 is 0.500 bits per heavy atom. The van der Waals surface area contributed by atoms with Crippen molar-refractivity contribution < 1.29 is 0 Å². The lowest BCUT2D eigenvalue weighted by atomic mass is 9.73. The zero-order valence-electron chi connectivity index (χ0n) is 19.5. The zero-order chi connectivity index (χ0) is 22.7. The molecule has 0 saturated carbocycles. The molecule has 159 valence electrons. The highest BCUT2D eigenvalue weighted by Gasteiger charge is 2.28. The highest BCUT2D eigenvalue weighted by molar-refractivity contribution is 5.82. The average Bonchev–Trinajstić information content (AvgIpc) is 2.79. The number of hydrogen-bond acceptors (Lipinski definition) is 0. The zero-order valence-corrected chi connectivity index (χ0v) is 19.5. The number of hydrogen-bond donors (Lipinski definition) is 0. The van der Waals surface area contributed by atoms with Gasteiger partial charge in [0.15, 0.2) is 0 Å². The summed E-state index contributed by atoms with van der Waals surface area (Å²) in [7, 11) is 0. The minimum absolute atomic E-state index is 0.521. The minimum Gasteiger partial charge on any atom is -0.0611 e. The van der Waals surface area contributed by atoms with Crippen LogP contribution in [0.4, 0.5) is 0 Å². The summed E-state index contributed by atoms with van der Waals surface area (Å²) in [5, 5.41) is 0. The molecule has 0 saturated heterocycles. The largest absolute Gasteiger partial charge is 0.0611 e. The van der Waals surface area contributed by atoms with E-state index in [1.807, 2.05) is 0 Å². The van der Waals surface area contributed by atoms with Gasteiger partial charge in [-0.1, -0.05) is 125 Å². The van der Waals surface area contributed by atoms with E-state index in [1.165, 1.54) is 50.1 Å². The van der Waals surface area contributed by atoms with Crippen LogP contribution in [-0.2, 0) is 5.41 Å². The molecule has 0 amide bonds. The van der Waals surface area contributed by atoms with Gasteiger partial charge in [-0.25, -0.2) is 0 Å². The predicted octanol–water partition coefficient (Wildman–Crippen LogP) is 8.17. The predicted molar refractivity (Wildman–Crippen MR) is 138 cm³/mol. The van der Waals surface area contributed by atoms with Crippen molar-refractivity contribution in [1.82, 2.24) is 0 Å². The van der Waals surface area contributed by atoms with E-state index in [-0.39, 0.29) is 0 Å². The van der Waals surface area contributed by atoms with Crippen LogP contribution in [0.25, 0.3) is 5.57 Å². The van der Waals surface area contributed by atoms with Crippen molar-refractivity contribution in [2.24, 2.45) is 0 Å². The second kappa shape index (κ2) is 9.01. The third-order valence-electron chi connectivity index (χ3n) is 6.25. The highest BCUT2D eigenvalue weighted by atomic mass is 14.3. The Hall–Kier alpha value is -3.38. The molecular formula is C32H31. The fourth-order valence-corrected chi connectivity index (χ4v) is 4.08. The van der Waals surface area contributed by atoms with Crippen molar-refractivity contribution in [2.45, 2.75) is 33.1 Å². The molecule has 0 aliphatic rings. The third kappa shape index (κ3) is 4.60. The number of benzene rings is 4. The van der Waals surface area contributed by atoms with Crippen LogP contribution in [0.1, 0.15) is 44.5 Å². The lowest BCUT2D eigenvalue weighted by Crippen LogP contribution is -2.22. The van der Waals surface area contributed by atoms with Gasteiger partial charge in [0.1, 0.15) is 0 Å². The Bertz CT molecular complexity index is 1110. The van der Waals surface area contributed by atoms with E-state index in [0.29, 0.717) is 0 Å². The molecule has 0 fully saturated rings. The van der Waals surface area contributed by atoms with Gasteiger partial charge in [-0.05, 0) is 62.4 Å². The highest BCUT2D eigenvalue weighted by Crippen LogP contribution is 2.38. The SMILES string of the molecule is [CH2]C(C=C(c1ccc(C)cc1)c1ccc(C)cc1)(c1ccc(C)cc1)c1ccc(C)cc1. The normalized spacial score (nSPS) is 11.3. The van der Waals surface area contributed by atoms with Crippen LogP contribution >= 0.6 is 0 Å². The first-order chi connectivity index (χ1) is 15.3. The molecule has 0 nitrogen and oxygen atoms in total. The minimum atomic E-state index is -0.521. The molecule has 0 unspecified atom stereocenters. The van der Waals surface area contributed by atoms with Crippen molar-refractivity contribution in [1.29, 1.82) is 0 Å². The maximum absolute atomic E-state index is 4.82. The fourth-order valence-electron chi connectivity index (χ4n) is 4.08. The molecule has 0 N–H and O–H groups in total. The summed E-state index contributed by atoms with van der Waals surface area (Å²) in [4.78, 5) is 0. The second-order valence-electron chi connectivity index (χ2n) is 8.99. The molecular weight excluding hydrogens is 384 g/mol. The molecule has 0 heteroatoms. The maximum Gasteiger partial charge on any atom is 0.0391 e. The van der Waals surface area contributed by atoms with Gasteiger partial charge in [0, 0.05) is 5.41 Å². The Labute approximate surface area is 193 Å². The molecule has 4 rings (SSSR count). The molecule has 1 radical (unpaired) electrons. The summed E-state index contributed by atoms with van der Waals surface area (Å²) in [6, 6.07) is 35.1. The van der Waals surface area contributed by atoms with Crippen molar-refractivity contribution in [3.63, 3.8) is 0 Å². The Morgan fingerprint density at radius 2 is 0.781 bits per heavy atom. The molecule has 4 aromatic carbocycles. The van der Waals surface area contributed by atoms with Gasteiger partial charge in [0.05, 0.1) is 0 Å². The van der Waals surface area contributed by atoms with Crippen molar-refractivity contribution in [3.05, 3.63) is 155 Å². The van der Waals surface area contributed by atoms with Crippen molar-refractivity contribution in [2.75, 3.05) is 0 Å². The number of allylic oxidation sites excluding steroid dienone is 1. The quantitative estimate of drug-likeness (QED) is 0.308. The first kappa shape index (κ1) is 21.8. The molecule has 0 bridgehead atoms. The van der Waals surface area contributed by atoms with E-state index in [9.17, 15) is 0 Å². The topological polar surface area (TPSA) is 0 Å². The van der Waals surface area contributed by atoms with Crippen molar-refractivity contribution in [3.8, 4) is 0 Å². The van der Waals surface area contributed by atoms with Crippen LogP contribution in [0.5, 0.6) is 0 Å². The Balaban J connectivity index is 1.98. The van der Waals surface area contributed by atoms with Crippen molar-refractivity contribution >= 4 is 5.57 Å². The molecule has 0 atom stereocenters. The first-order valence-corrected chi connectivity index (χ1v) is 11.2. The van der Waals surface area contributed by atoms with Crippen LogP contribution in [0, 0.1) is 34.6 Å². The summed E-state index contributed by atoms with van der Waals surface area (Å²) < 4.78 is 0. The van der Waals surface area contributed by atoms with E-state index in [1.54, 1.807) is 0 Å². The summed E-state index contributed by atoms with van der Waals surface area (Å²) in [5.41, 5.74) is 10.5. The van der Waals surface area contributed by atoms with Gasteiger partial charge >= 0.3 is 0 Å². The summed E-state index contributed by atoms with van der Waals surface area (Å²) in [6.45, 7) is 13.3. The molecule has 0 aliphatic heterocycles. The second-order valence-corrected chi connectivity index (χ2v) is 8.99. The van der Waals surface area contributed by atoms with Gasteiger partial charge in [0.25, 0.3) is 0 Å². The molecule has 0 aliphatic carbocycles.